The fraction of sp³-hybridized carbons (Fsp3) is 0.533. The molecule has 1 saturated heterocycles. The molecule has 0 spiro atoms. The summed E-state index contributed by atoms with van der Waals surface area (Å²) >= 11 is 0. The fourth-order valence-corrected chi connectivity index (χ4v) is 1.90. The number of hydrogen-bond donors (Lipinski definition) is 1. The predicted octanol–water partition coefficient (Wildman–Crippen LogP) is 2.66. The number of epoxide rings is 1. The van der Waals surface area contributed by atoms with E-state index in [0.717, 1.165) is 5.56 Å². The molecule has 1 aliphatic rings. The molecule has 0 aliphatic carbocycles. The van der Waals surface area contributed by atoms with Gasteiger partial charge in [0.25, 0.3) is 0 Å². The zero-order valence-corrected chi connectivity index (χ0v) is 12.0. The fourth-order valence-electron chi connectivity index (χ4n) is 1.90. The molecule has 110 valence electrons. The summed E-state index contributed by atoms with van der Waals surface area (Å²) in [6, 6.07) is 6.08. The van der Waals surface area contributed by atoms with Crippen LogP contribution in [0.5, 0.6) is 0 Å². The first-order chi connectivity index (χ1) is 9.33. The normalized spacial score (nSPS) is 19.3. The van der Waals surface area contributed by atoms with Gasteiger partial charge in [-0.2, -0.15) is 0 Å². The van der Waals surface area contributed by atoms with E-state index in [9.17, 15) is 9.18 Å². The third kappa shape index (κ3) is 4.81. The monoisotopic (exact) mass is 281 g/mol. The minimum Gasteiger partial charge on any atom is -0.444 e. The lowest BCUT2D eigenvalue weighted by Crippen LogP contribution is -2.43. The molecule has 2 rings (SSSR count). The van der Waals surface area contributed by atoms with Crippen molar-refractivity contribution in [3.63, 3.8) is 0 Å². The van der Waals surface area contributed by atoms with Crippen LogP contribution >= 0.6 is 0 Å². The molecule has 1 N–H and O–H groups in total. The second-order valence-corrected chi connectivity index (χ2v) is 5.96. The first-order valence-electron chi connectivity index (χ1n) is 6.69. The van der Waals surface area contributed by atoms with Crippen LogP contribution < -0.4 is 5.32 Å². The van der Waals surface area contributed by atoms with Crippen LogP contribution in [0, 0.1) is 5.82 Å². The zero-order valence-electron chi connectivity index (χ0n) is 12.0. The minimum absolute atomic E-state index is 0.00701. The summed E-state index contributed by atoms with van der Waals surface area (Å²) in [4.78, 5) is 11.8. The van der Waals surface area contributed by atoms with Gasteiger partial charge in [-0.15, -0.1) is 0 Å². The summed E-state index contributed by atoms with van der Waals surface area (Å²) < 4.78 is 23.4. The van der Waals surface area contributed by atoms with Gasteiger partial charge in [0.1, 0.15) is 17.5 Å². The second kappa shape index (κ2) is 5.79. The first-order valence-corrected chi connectivity index (χ1v) is 6.69. The van der Waals surface area contributed by atoms with E-state index >= 15 is 0 Å². The van der Waals surface area contributed by atoms with Crippen LogP contribution in [0.25, 0.3) is 0 Å². The highest BCUT2D eigenvalue weighted by Gasteiger charge is 2.34. The molecule has 0 radical (unpaired) electrons. The largest absolute Gasteiger partial charge is 0.444 e. The number of ether oxygens (including phenoxy) is 2. The molecule has 20 heavy (non-hydrogen) atoms. The topological polar surface area (TPSA) is 50.9 Å². The minimum atomic E-state index is -0.533. The number of rotatable bonds is 4. The molecule has 1 heterocycles. The van der Waals surface area contributed by atoms with Gasteiger partial charge >= 0.3 is 6.09 Å². The quantitative estimate of drug-likeness (QED) is 0.863. The molecular weight excluding hydrogens is 261 g/mol. The molecular formula is C15H20FNO3. The Hall–Kier alpha value is -1.62. The standard InChI is InChI=1S/C15H20FNO3/c1-15(2,3)20-14(18)17-12(13-9-19-13)8-10-4-6-11(16)7-5-10/h4-7,12-13H,8-9H2,1-3H3,(H,17,18)/t12-,13-/m0/s1. The zero-order chi connectivity index (χ0) is 14.8. The molecule has 4 nitrogen and oxygen atoms in total. The van der Waals surface area contributed by atoms with Gasteiger partial charge in [0, 0.05) is 0 Å². The number of amides is 1. The van der Waals surface area contributed by atoms with Crippen LogP contribution in [0.4, 0.5) is 9.18 Å². The van der Waals surface area contributed by atoms with Crippen molar-refractivity contribution in [3.05, 3.63) is 35.6 Å². The summed E-state index contributed by atoms with van der Waals surface area (Å²) in [5, 5.41) is 2.82. The van der Waals surface area contributed by atoms with Gasteiger partial charge in [0.2, 0.25) is 0 Å². The lowest BCUT2D eigenvalue weighted by atomic mass is 10.0. The van der Waals surface area contributed by atoms with Crippen molar-refractivity contribution in [1.82, 2.24) is 5.32 Å². The third-order valence-electron chi connectivity index (χ3n) is 2.88. The molecule has 0 aromatic heterocycles. The molecule has 1 aliphatic heterocycles. The Morgan fingerprint density at radius 3 is 2.55 bits per heavy atom. The van der Waals surface area contributed by atoms with Crippen molar-refractivity contribution >= 4 is 6.09 Å². The van der Waals surface area contributed by atoms with Crippen LogP contribution in [0.1, 0.15) is 26.3 Å². The van der Waals surface area contributed by atoms with Gasteiger partial charge < -0.3 is 14.8 Å². The molecule has 1 aromatic carbocycles. The summed E-state index contributed by atoms with van der Waals surface area (Å²) in [5.74, 6) is -0.270. The average molecular weight is 281 g/mol. The number of benzene rings is 1. The van der Waals surface area contributed by atoms with E-state index in [4.69, 9.17) is 9.47 Å². The van der Waals surface area contributed by atoms with Crippen LogP contribution in [-0.4, -0.2) is 30.4 Å². The van der Waals surface area contributed by atoms with Crippen molar-refractivity contribution in [2.75, 3.05) is 6.61 Å². The smallest absolute Gasteiger partial charge is 0.407 e. The van der Waals surface area contributed by atoms with Gasteiger partial charge in [-0.1, -0.05) is 12.1 Å². The number of nitrogens with one attached hydrogen (secondary N) is 1. The third-order valence-corrected chi connectivity index (χ3v) is 2.88. The van der Waals surface area contributed by atoms with Gasteiger partial charge in [0.15, 0.2) is 0 Å². The highest BCUT2D eigenvalue weighted by atomic mass is 19.1. The van der Waals surface area contributed by atoms with E-state index in [1.807, 2.05) is 20.8 Å². The van der Waals surface area contributed by atoms with Crippen molar-refractivity contribution in [1.29, 1.82) is 0 Å². The van der Waals surface area contributed by atoms with E-state index < -0.39 is 11.7 Å². The van der Waals surface area contributed by atoms with Crippen LogP contribution in [0.15, 0.2) is 24.3 Å². The number of halogens is 1. The maximum absolute atomic E-state index is 12.9. The van der Waals surface area contributed by atoms with E-state index in [1.165, 1.54) is 12.1 Å². The predicted molar refractivity (Wildman–Crippen MR) is 73.0 cm³/mol. The van der Waals surface area contributed by atoms with Crippen molar-refractivity contribution in [3.8, 4) is 0 Å². The van der Waals surface area contributed by atoms with Crippen molar-refractivity contribution in [2.24, 2.45) is 0 Å². The van der Waals surface area contributed by atoms with E-state index in [-0.39, 0.29) is 18.0 Å². The molecule has 5 heteroatoms. The Labute approximate surface area is 118 Å². The molecule has 1 fully saturated rings. The number of carbonyl (C=O) groups is 1. The highest BCUT2D eigenvalue weighted by Crippen LogP contribution is 2.19. The molecule has 0 saturated carbocycles. The van der Waals surface area contributed by atoms with Crippen molar-refractivity contribution < 1.29 is 18.7 Å². The summed E-state index contributed by atoms with van der Waals surface area (Å²) in [7, 11) is 0. The highest BCUT2D eigenvalue weighted by molar-refractivity contribution is 5.68. The van der Waals surface area contributed by atoms with Crippen LogP contribution in [0.3, 0.4) is 0 Å². The number of hydrogen-bond acceptors (Lipinski definition) is 3. The molecule has 1 aromatic rings. The van der Waals surface area contributed by atoms with Crippen LogP contribution in [-0.2, 0) is 15.9 Å². The number of alkyl carbamates (subject to hydrolysis) is 1. The molecule has 2 atom stereocenters. The average Bonchev–Trinajstić information content (AvgIpc) is 3.12. The molecule has 0 unspecified atom stereocenters. The lowest BCUT2D eigenvalue weighted by molar-refractivity contribution is 0.0495. The van der Waals surface area contributed by atoms with Gasteiger partial charge in [0.05, 0.1) is 12.6 Å². The lowest BCUT2D eigenvalue weighted by Gasteiger charge is -2.23. The van der Waals surface area contributed by atoms with Gasteiger partial charge in [-0.3, -0.25) is 0 Å². The Bertz CT molecular complexity index is 463. The molecule has 0 bridgehead atoms. The summed E-state index contributed by atoms with van der Waals surface area (Å²) in [6.45, 7) is 6.07. The van der Waals surface area contributed by atoms with Gasteiger partial charge in [-0.25, -0.2) is 9.18 Å². The Morgan fingerprint density at radius 1 is 1.45 bits per heavy atom. The van der Waals surface area contributed by atoms with E-state index in [1.54, 1.807) is 12.1 Å². The second-order valence-electron chi connectivity index (χ2n) is 5.96. The summed E-state index contributed by atoms with van der Waals surface area (Å²) in [6.07, 6.45) is 0.136. The number of carbonyl (C=O) groups excluding carboxylic acids is 1. The Morgan fingerprint density at radius 2 is 2.05 bits per heavy atom. The van der Waals surface area contributed by atoms with Gasteiger partial charge in [-0.05, 0) is 44.9 Å². The summed E-state index contributed by atoms with van der Waals surface area (Å²) in [5.41, 5.74) is 0.414. The molecule has 1 amide bonds. The Kier molecular flexibility index (Phi) is 4.28. The van der Waals surface area contributed by atoms with Crippen LogP contribution in [0.2, 0.25) is 0 Å². The van der Waals surface area contributed by atoms with E-state index in [2.05, 4.69) is 5.32 Å². The Balaban J connectivity index is 1.94. The maximum Gasteiger partial charge on any atom is 0.407 e. The maximum atomic E-state index is 12.9. The van der Waals surface area contributed by atoms with E-state index in [0.29, 0.717) is 13.0 Å². The first kappa shape index (κ1) is 14.8. The van der Waals surface area contributed by atoms with Crippen molar-refractivity contribution in [2.45, 2.75) is 44.9 Å². The SMILES string of the molecule is CC(C)(C)OC(=O)N[C@@H](Cc1ccc(F)cc1)[C@@H]1CO1.